The Balaban J connectivity index is 2.43. The molecule has 0 radical (unpaired) electrons. The van der Waals surface area contributed by atoms with Crippen LogP contribution in [0.2, 0.25) is 0 Å². The summed E-state index contributed by atoms with van der Waals surface area (Å²) < 4.78 is 0. The highest BCUT2D eigenvalue weighted by Crippen LogP contribution is 2.20. The summed E-state index contributed by atoms with van der Waals surface area (Å²) in [5.74, 6) is -0.817. The number of aliphatic carboxylic acids is 1. The number of urea groups is 1. The second-order valence-electron chi connectivity index (χ2n) is 5.41. The van der Waals surface area contributed by atoms with Gasteiger partial charge in [0.1, 0.15) is 0 Å². The van der Waals surface area contributed by atoms with Gasteiger partial charge in [0.25, 0.3) is 0 Å². The highest BCUT2D eigenvalue weighted by Gasteiger charge is 2.26. The molecule has 0 spiro atoms. The Morgan fingerprint density at radius 3 is 2.79 bits per heavy atom. The van der Waals surface area contributed by atoms with E-state index in [0.29, 0.717) is 12.5 Å². The van der Waals surface area contributed by atoms with Gasteiger partial charge in [0.2, 0.25) is 0 Å². The number of hydrogen-bond acceptors (Lipinski definition) is 2. The summed E-state index contributed by atoms with van der Waals surface area (Å²) in [7, 11) is 0. The van der Waals surface area contributed by atoms with Crippen LogP contribution in [0.4, 0.5) is 4.79 Å². The Morgan fingerprint density at radius 2 is 2.16 bits per heavy atom. The van der Waals surface area contributed by atoms with E-state index >= 15 is 0 Å². The maximum Gasteiger partial charge on any atom is 0.317 e. The van der Waals surface area contributed by atoms with Crippen molar-refractivity contribution in [2.24, 2.45) is 0 Å². The van der Waals surface area contributed by atoms with Crippen LogP contribution in [-0.4, -0.2) is 40.6 Å². The van der Waals surface area contributed by atoms with Gasteiger partial charge in [-0.1, -0.05) is 13.3 Å². The number of carbonyl (C=O) groups is 2. The third-order valence-electron chi connectivity index (χ3n) is 3.67. The SMILES string of the molecule is CCCC1CCCCN1C(=O)NC(C)CCC(=O)O. The Hall–Kier alpha value is -1.26. The van der Waals surface area contributed by atoms with Gasteiger partial charge in [-0.25, -0.2) is 4.79 Å². The lowest BCUT2D eigenvalue weighted by Gasteiger charge is -2.36. The van der Waals surface area contributed by atoms with Crippen molar-refractivity contribution in [2.75, 3.05) is 6.54 Å². The molecule has 19 heavy (non-hydrogen) atoms. The highest BCUT2D eigenvalue weighted by molar-refractivity contribution is 5.75. The minimum absolute atomic E-state index is 0.0314. The van der Waals surface area contributed by atoms with E-state index in [4.69, 9.17) is 5.11 Å². The first-order valence-electron chi connectivity index (χ1n) is 7.33. The van der Waals surface area contributed by atoms with Crippen molar-refractivity contribution in [1.82, 2.24) is 10.2 Å². The molecule has 2 amide bonds. The Kier molecular flexibility index (Phi) is 6.67. The Morgan fingerprint density at radius 1 is 1.42 bits per heavy atom. The van der Waals surface area contributed by atoms with Crippen molar-refractivity contribution in [1.29, 1.82) is 0 Å². The molecule has 0 aliphatic carbocycles. The number of likely N-dealkylation sites (tertiary alicyclic amines) is 1. The van der Waals surface area contributed by atoms with E-state index in [0.717, 1.165) is 32.2 Å². The Labute approximate surface area is 115 Å². The van der Waals surface area contributed by atoms with Crippen LogP contribution in [0.3, 0.4) is 0 Å². The zero-order valence-electron chi connectivity index (χ0n) is 12.0. The van der Waals surface area contributed by atoms with Gasteiger partial charge in [0.15, 0.2) is 0 Å². The van der Waals surface area contributed by atoms with E-state index in [1.165, 1.54) is 6.42 Å². The molecule has 0 saturated carbocycles. The van der Waals surface area contributed by atoms with Crippen LogP contribution in [0, 0.1) is 0 Å². The molecule has 1 heterocycles. The fraction of sp³-hybridized carbons (Fsp3) is 0.857. The fourth-order valence-corrected chi connectivity index (χ4v) is 2.61. The molecule has 1 fully saturated rings. The number of piperidine rings is 1. The quantitative estimate of drug-likeness (QED) is 0.779. The third kappa shape index (κ3) is 5.49. The van der Waals surface area contributed by atoms with Crippen LogP contribution < -0.4 is 5.32 Å². The number of hydrogen-bond donors (Lipinski definition) is 2. The molecule has 0 aromatic heterocycles. The van der Waals surface area contributed by atoms with Gasteiger partial charge in [-0.15, -0.1) is 0 Å². The zero-order chi connectivity index (χ0) is 14.3. The normalized spacial score (nSPS) is 20.9. The number of carbonyl (C=O) groups excluding carboxylic acids is 1. The van der Waals surface area contributed by atoms with E-state index in [1.54, 1.807) is 0 Å². The van der Waals surface area contributed by atoms with Gasteiger partial charge in [-0.3, -0.25) is 4.79 Å². The van der Waals surface area contributed by atoms with Gasteiger partial charge >= 0.3 is 12.0 Å². The van der Waals surface area contributed by atoms with Crippen molar-refractivity contribution in [3.8, 4) is 0 Å². The molecule has 5 heteroatoms. The molecule has 1 rings (SSSR count). The first-order valence-corrected chi connectivity index (χ1v) is 7.33. The highest BCUT2D eigenvalue weighted by atomic mass is 16.4. The van der Waals surface area contributed by atoms with E-state index in [9.17, 15) is 9.59 Å². The number of carboxylic acids is 1. The minimum Gasteiger partial charge on any atom is -0.481 e. The number of amides is 2. The zero-order valence-corrected chi connectivity index (χ0v) is 12.0. The molecule has 1 aliphatic heterocycles. The molecule has 110 valence electrons. The lowest BCUT2D eigenvalue weighted by atomic mass is 9.98. The summed E-state index contributed by atoms with van der Waals surface area (Å²) in [6.07, 6.45) is 6.07. The standard InChI is InChI=1S/C14H26N2O3/c1-3-6-12-7-4-5-10-16(12)14(19)15-11(2)8-9-13(17)18/h11-12H,3-10H2,1-2H3,(H,15,19)(H,17,18). The van der Waals surface area contributed by atoms with Gasteiger partial charge in [-0.2, -0.15) is 0 Å². The predicted molar refractivity (Wildman–Crippen MR) is 74.1 cm³/mol. The van der Waals surface area contributed by atoms with Crippen molar-refractivity contribution >= 4 is 12.0 Å². The molecule has 0 aromatic rings. The molecule has 0 bridgehead atoms. The molecule has 2 N–H and O–H groups in total. The van der Waals surface area contributed by atoms with Crippen LogP contribution >= 0.6 is 0 Å². The summed E-state index contributed by atoms with van der Waals surface area (Å²) in [6, 6.07) is 0.231. The molecular weight excluding hydrogens is 244 g/mol. The van der Waals surface area contributed by atoms with Crippen LogP contribution in [0.15, 0.2) is 0 Å². The number of nitrogens with one attached hydrogen (secondary N) is 1. The molecule has 0 aromatic carbocycles. The second-order valence-corrected chi connectivity index (χ2v) is 5.41. The summed E-state index contributed by atoms with van der Waals surface area (Å²) >= 11 is 0. The summed E-state index contributed by atoms with van der Waals surface area (Å²) in [4.78, 5) is 24.6. The Bertz CT molecular complexity index is 305. The first-order chi connectivity index (χ1) is 9.04. The van der Waals surface area contributed by atoms with Crippen LogP contribution in [0.25, 0.3) is 0 Å². The maximum absolute atomic E-state index is 12.2. The average Bonchev–Trinajstić information content (AvgIpc) is 2.37. The van der Waals surface area contributed by atoms with Crippen molar-refractivity contribution in [3.05, 3.63) is 0 Å². The average molecular weight is 270 g/mol. The number of nitrogens with zero attached hydrogens (tertiary/aromatic N) is 1. The van der Waals surface area contributed by atoms with Gasteiger partial charge in [0.05, 0.1) is 0 Å². The topological polar surface area (TPSA) is 69.6 Å². The first kappa shape index (κ1) is 15.8. The molecule has 1 aliphatic rings. The molecule has 2 unspecified atom stereocenters. The third-order valence-corrected chi connectivity index (χ3v) is 3.67. The molecule has 5 nitrogen and oxygen atoms in total. The smallest absolute Gasteiger partial charge is 0.317 e. The van der Waals surface area contributed by atoms with E-state index in [2.05, 4.69) is 12.2 Å². The largest absolute Gasteiger partial charge is 0.481 e. The van der Waals surface area contributed by atoms with Crippen LogP contribution in [0.5, 0.6) is 0 Å². The van der Waals surface area contributed by atoms with Gasteiger partial charge in [-0.05, 0) is 39.0 Å². The monoisotopic (exact) mass is 270 g/mol. The maximum atomic E-state index is 12.2. The molecule has 1 saturated heterocycles. The van der Waals surface area contributed by atoms with Crippen LogP contribution in [-0.2, 0) is 4.79 Å². The van der Waals surface area contributed by atoms with E-state index < -0.39 is 5.97 Å². The minimum atomic E-state index is -0.817. The van der Waals surface area contributed by atoms with Crippen LogP contribution in [0.1, 0.15) is 58.8 Å². The molecular formula is C14H26N2O3. The summed E-state index contributed by atoms with van der Waals surface area (Å²) in [6.45, 7) is 4.82. The summed E-state index contributed by atoms with van der Waals surface area (Å²) in [5, 5.41) is 11.6. The van der Waals surface area contributed by atoms with Crippen molar-refractivity contribution in [2.45, 2.75) is 70.9 Å². The van der Waals surface area contributed by atoms with Gasteiger partial charge < -0.3 is 15.3 Å². The van der Waals surface area contributed by atoms with Gasteiger partial charge in [0, 0.05) is 25.0 Å². The molecule has 2 atom stereocenters. The van der Waals surface area contributed by atoms with Crippen molar-refractivity contribution in [3.63, 3.8) is 0 Å². The van der Waals surface area contributed by atoms with Crippen molar-refractivity contribution < 1.29 is 14.7 Å². The lowest BCUT2D eigenvalue weighted by Crippen LogP contribution is -2.50. The summed E-state index contributed by atoms with van der Waals surface area (Å²) in [5.41, 5.74) is 0. The lowest BCUT2D eigenvalue weighted by molar-refractivity contribution is -0.137. The number of carboxylic acid groups (broad SMARTS) is 1. The second kappa shape index (κ2) is 8.02. The number of rotatable bonds is 6. The predicted octanol–water partition coefficient (Wildman–Crippen LogP) is 2.60. The van der Waals surface area contributed by atoms with E-state index in [-0.39, 0.29) is 18.5 Å². The van der Waals surface area contributed by atoms with E-state index in [1.807, 2.05) is 11.8 Å². The fourth-order valence-electron chi connectivity index (χ4n) is 2.61.